The minimum atomic E-state index is -4.74. The molecule has 2 aromatic rings. The van der Waals surface area contributed by atoms with Crippen LogP contribution in [0.3, 0.4) is 0 Å². The molecule has 0 spiro atoms. The van der Waals surface area contributed by atoms with Crippen LogP contribution in [-0.2, 0) is 9.59 Å². The Kier molecular flexibility index (Phi) is 8.19. The van der Waals surface area contributed by atoms with Crippen LogP contribution in [0.2, 0.25) is 0 Å². The number of carbonyl (C=O) groups is 2. The quantitative estimate of drug-likeness (QED) is 0.626. The predicted octanol–water partition coefficient (Wildman–Crippen LogP) is 4.47. The van der Waals surface area contributed by atoms with E-state index < -0.39 is 6.36 Å². The van der Waals surface area contributed by atoms with Crippen molar-refractivity contribution >= 4 is 11.8 Å². The highest BCUT2D eigenvalue weighted by Crippen LogP contribution is 2.25. The maximum absolute atomic E-state index is 12.6. The number of nitrogens with one attached hydrogen (secondary N) is 1. The van der Waals surface area contributed by atoms with Crippen LogP contribution in [0.5, 0.6) is 11.5 Å². The third-order valence-electron chi connectivity index (χ3n) is 5.52. The Hall–Kier alpha value is -3.23. The second-order valence-corrected chi connectivity index (χ2v) is 7.91. The zero-order valence-corrected chi connectivity index (χ0v) is 18.3. The maximum atomic E-state index is 12.6. The molecule has 0 saturated carbocycles. The number of hydrogen-bond acceptors (Lipinski definition) is 4. The van der Waals surface area contributed by atoms with Crippen LogP contribution in [0.15, 0.2) is 54.6 Å². The average Bonchev–Trinajstić information content (AvgIpc) is 2.79. The van der Waals surface area contributed by atoms with Crippen molar-refractivity contribution in [2.24, 2.45) is 5.92 Å². The first-order valence-corrected chi connectivity index (χ1v) is 10.8. The van der Waals surface area contributed by atoms with E-state index in [-0.39, 0.29) is 35.9 Å². The van der Waals surface area contributed by atoms with E-state index in [4.69, 9.17) is 4.74 Å². The van der Waals surface area contributed by atoms with E-state index in [9.17, 15) is 22.8 Å². The molecule has 0 bridgehead atoms. The second-order valence-electron chi connectivity index (χ2n) is 7.91. The summed E-state index contributed by atoms with van der Waals surface area (Å²) in [6.45, 7) is 3.07. The number of ether oxygens (including phenoxy) is 2. The summed E-state index contributed by atoms with van der Waals surface area (Å²) >= 11 is 0. The average molecular weight is 464 g/mol. The van der Waals surface area contributed by atoms with Gasteiger partial charge in [-0.3, -0.25) is 9.59 Å². The van der Waals surface area contributed by atoms with Crippen LogP contribution in [-0.4, -0.2) is 42.8 Å². The fourth-order valence-corrected chi connectivity index (χ4v) is 3.69. The molecule has 3 rings (SSSR count). The van der Waals surface area contributed by atoms with Crippen LogP contribution < -0.4 is 14.8 Å². The number of halogens is 3. The van der Waals surface area contributed by atoms with Gasteiger partial charge < -0.3 is 19.7 Å². The maximum Gasteiger partial charge on any atom is 0.573 e. The molecule has 2 aromatic carbocycles. The predicted molar refractivity (Wildman–Crippen MR) is 116 cm³/mol. The molecule has 0 aliphatic carbocycles. The van der Waals surface area contributed by atoms with E-state index in [2.05, 4.69) is 10.1 Å². The molecule has 1 atom stereocenters. The first-order valence-electron chi connectivity index (χ1n) is 10.8. The van der Waals surface area contributed by atoms with Gasteiger partial charge in [-0.2, -0.15) is 0 Å². The van der Waals surface area contributed by atoms with Gasteiger partial charge in [0.1, 0.15) is 11.5 Å². The van der Waals surface area contributed by atoms with Crippen molar-refractivity contribution < 1.29 is 32.2 Å². The Morgan fingerprint density at radius 3 is 2.27 bits per heavy atom. The third kappa shape index (κ3) is 7.69. The number of likely N-dealkylation sites (tertiary alicyclic amines) is 1. The molecule has 1 heterocycles. The SMILES string of the molecule is CC(NC(=O)C1CCN(C(=O)CCOc2ccccc2)CC1)c1ccc(OC(F)(F)F)cc1. The van der Waals surface area contributed by atoms with Crippen molar-refractivity contribution in [2.45, 2.75) is 38.6 Å². The van der Waals surface area contributed by atoms with Gasteiger partial charge in [-0.25, -0.2) is 0 Å². The van der Waals surface area contributed by atoms with Crippen molar-refractivity contribution in [1.29, 1.82) is 0 Å². The molecule has 0 radical (unpaired) electrons. The van der Waals surface area contributed by atoms with E-state index in [0.29, 0.717) is 38.1 Å². The molecule has 1 unspecified atom stereocenters. The largest absolute Gasteiger partial charge is 0.573 e. The van der Waals surface area contributed by atoms with Gasteiger partial charge >= 0.3 is 6.36 Å². The minimum Gasteiger partial charge on any atom is -0.493 e. The van der Waals surface area contributed by atoms with Crippen molar-refractivity contribution in [3.05, 3.63) is 60.2 Å². The molecule has 6 nitrogen and oxygen atoms in total. The van der Waals surface area contributed by atoms with Crippen molar-refractivity contribution in [3.8, 4) is 11.5 Å². The number of amides is 2. The van der Waals surface area contributed by atoms with Crippen LogP contribution in [0.1, 0.15) is 37.8 Å². The standard InChI is InChI=1S/C24H27F3N2O4/c1-17(18-7-9-21(10-8-18)33-24(25,26)27)28-23(31)19-11-14-29(15-12-19)22(30)13-16-32-20-5-3-2-4-6-20/h2-10,17,19H,11-16H2,1H3,(H,28,31). The first kappa shape index (κ1) is 24.4. The van der Waals surface area contributed by atoms with E-state index in [0.717, 1.165) is 5.75 Å². The third-order valence-corrected chi connectivity index (χ3v) is 5.52. The van der Waals surface area contributed by atoms with Gasteiger partial charge in [-0.15, -0.1) is 13.2 Å². The Labute approximate surface area is 190 Å². The summed E-state index contributed by atoms with van der Waals surface area (Å²) in [7, 11) is 0. The van der Waals surface area contributed by atoms with E-state index in [1.54, 1.807) is 11.8 Å². The van der Waals surface area contributed by atoms with Crippen molar-refractivity contribution in [3.63, 3.8) is 0 Å². The summed E-state index contributed by atoms with van der Waals surface area (Å²) < 4.78 is 46.3. The molecule has 33 heavy (non-hydrogen) atoms. The Morgan fingerprint density at radius 1 is 1.03 bits per heavy atom. The summed E-state index contributed by atoms with van der Waals surface area (Å²) in [6.07, 6.45) is -3.35. The minimum absolute atomic E-state index is 0.000627. The molecule has 1 saturated heterocycles. The van der Waals surface area contributed by atoms with E-state index >= 15 is 0 Å². The van der Waals surface area contributed by atoms with Crippen LogP contribution >= 0.6 is 0 Å². The molecule has 1 aliphatic heterocycles. The van der Waals surface area contributed by atoms with Crippen molar-refractivity contribution in [1.82, 2.24) is 10.2 Å². The summed E-state index contributed by atoms with van der Waals surface area (Å²) in [5.74, 6) is 0.0650. The number of benzene rings is 2. The number of hydrogen-bond donors (Lipinski definition) is 1. The zero-order valence-electron chi connectivity index (χ0n) is 18.3. The van der Waals surface area contributed by atoms with E-state index in [1.807, 2.05) is 30.3 Å². The van der Waals surface area contributed by atoms with Gasteiger partial charge in [0.25, 0.3) is 0 Å². The lowest BCUT2D eigenvalue weighted by atomic mass is 9.95. The normalized spacial score (nSPS) is 15.6. The number of alkyl halides is 3. The van der Waals surface area contributed by atoms with E-state index in [1.165, 1.54) is 24.3 Å². The van der Waals surface area contributed by atoms with Gasteiger partial charge in [0.15, 0.2) is 0 Å². The van der Waals surface area contributed by atoms with Crippen LogP contribution in [0.4, 0.5) is 13.2 Å². The molecule has 1 aliphatic rings. The summed E-state index contributed by atoms with van der Waals surface area (Å²) in [5.41, 5.74) is 0.670. The summed E-state index contributed by atoms with van der Waals surface area (Å²) in [4.78, 5) is 26.8. The van der Waals surface area contributed by atoms with Gasteiger partial charge in [-0.05, 0) is 49.6 Å². The molecule has 9 heteroatoms. The summed E-state index contributed by atoms with van der Waals surface area (Å²) in [6, 6.07) is 14.3. The number of carbonyl (C=O) groups excluding carboxylic acids is 2. The molecular weight excluding hydrogens is 437 g/mol. The first-order chi connectivity index (χ1) is 15.7. The lowest BCUT2D eigenvalue weighted by Gasteiger charge is -2.32. The Morgan fingerprint density at radius 2 is 1.67 bits per heavy atom. The van der Waals surface area contributed by atoms with Gasteiger partial charge in [0.05, 0.1) is 19.1 Å². The molecule has 2 amide bonds. The van der Waals surface area contributed by atoms with Crippen LogP contribution in [0.25, 0.3) is 0 Å². The summed E-state index contributed by atoms with van der Waals surface area (Å²) in [5, 5.41) is 2.90. The number of nitrogens with zero attached hydrogens (tertiary/aromatic N) is 1. The fourth-order valence-electron chi connectivity index (χ4n) is 3.69. The second kappa shape index (κ2) is 11.1. The van der Waals surface area contributed by atoms with Crippen LogP contribution in [0, 0.1) is 5.92 Å². The molecule has 1 N–H and O–H groups in total. The zero-order chi connectivity index (χ0) is 23.8. The monoisotopic (exact) mass is 464 g/mol. The lowest BCUT2D eigenvalue weighted by Crippen LogP contribution is -2.43. The molecule has 0 aromatic heterocycles. The Balaban J connectivity index is 1.40. The molecule has 178 valence electrons. The van der Waals surface area contributed by atoms with Crippen molar-refractivity contribution in [2.75, 3.05) is 19.7 Å². The van der Waals surface area contributed by atoms with Gasteiger partial charge in [0, 0.05) is 19.0 Å². The highest BCUT2D eigenvalue weighted by Gasteiger charge is 2.31. The lowest BCUT2D eigenvalue weighted by molar-refractivity contribution is -0.274. The number of piperidine rings is 1. The molecule has 1 fully saturated rings. The highest BCUT2D eigenvalue weighted by molar-refractivity contribution is 5.80. The smallest absolute Gasteiger partial charge is 0.493 e. The highest BCUT2D eigenvalue weighted by atomic mass is 19.4. The molecular formula is C24H27F3N2O4. The van der Waals surface area contributed by atoms with Gasteiger partial charge in [-0.1, -0.05) is 30.3 Å². The number of rotatable bonds is 8. The fraction of sp³-hybridized carbons (Fsp3) is 0.417. The topological polar surface area (TPSA) is 67.9 Å². The Bertz CT molecular complexity index is 912. The van der Waals surface area contributed by atoms with Gasteiger partial charge in [0.2, 0.25) is 11.8 Å². The number of para-hydroxylation sites is 1.